The van der Waals surface area contributed by atoms with Crippen LogP contribution in [0.4, 0.5) is 0 Å². The summed E-state index contributed by atoms with van der Waals surface area (Å²) >= 11 is 3.46. The van der Waals surface area contributed by atoms with E-state index in [9.17, 15) is 4.79 Å². The molecule has 0 amide bonds. The molecule has 0 radical (unpaired) electrons. The van der Waals surface area contributed by atoms with Crippen molar-refractivity contribution in [3.05, 3.63) is 113 Å². The Balaban J connectivity index is 1.46. The van der Waals surface area contributed by atoms with E-state index in [1.54, 1.807) is 22.7 Å². The summed E-state index contributed by atoms with van der Waals surface area (Å²) in [7, 11) is 0. The lowest BCUT2D eigenvalue weighted by Crippen LogP contribution is -2.00. The number of nitrogens with zero attached hydrogens (tertiary/aromatic N) is 1. The first-order chi connectivity index (χ1) is 17.3. The largest absolute Gasteiger partial charge is 0.309 e. The Bertz CT molecular complexity index is 2140. The van der Waals surface area contributed by atoms with Crippen LogP contribution in [-0.4, -0.2) is 4.57 Å². The summed E-state index contributed by atoms with van der Waals surface area (Å²) in [5.74, 6) is 0. The van der Waals surface area contributed by atoms with Crippen LogP contribution in [0.1, 0.15) is 0 Å². The predicted octanol–water partition coefficient (Wildman–Crippen LogP) is 8.88. The van der Waals surface area contributed by atoms with Crippen molar-refractivity contribution < 1.29 is 0 Å². The van der Waals surface area contributed by atoms with Crippen LogP contribution < -0.4 is 5.43 Å². The first-order valence-corrected chi connectivity index (χ1v) is 13.2. The first-order valence-electron chi connectivity index (χ1n) is 11.6. The molecule has 164 valence electrons. The molecule has 0 fully saturated rings. The van der Waals surface area contributed by atoms with Crippen LogP contribution in [0, 0.1) is 0 Å². The Morgan fingerprint density at radius 3 is 1.74 bits per heavy atom. The molecule has 3 aromatic heterocycles. The molecule has 0 bridgehead atoms. The molecule has 8 rings (SSSR count). The summed E-state index contributed by atoms with van der Waals surface area (Å²) in [4.78, 5) is 13.2. The molecule has 0 spiro atoms. The van der Waals surface area contributed by atoms with Crippen LogP contribution in [0.3, 0.4) is 0 Å². The minimum Gasteiger partial charge on any atom is -0.309 e. The number of benzene rings is 5. The molecule has 0 saturated carbocycles. The smallest absolute Gasteiger partial charge is 0.195 e. The van der Waals surface area contributed by atoms with Gasteiger partial charge in [-0.3, -0.25) is 4.79 Å². The molecule has 8 aromatic rings. The van der Waals surface area contributed by atoms with Crippen LogP contribution in [0.5, 0.6) is 0 Å². The van der Waals surface area contributed by atoms with E-state index in [1.807, 2.05) is 24.3 Å². The van der Waals surface area contributed by atoms with Gasteiger partial charge < -0.3 is 4.57 Å². The fourth-order valence-corrected chi connectivity index (χ4v) is 7.60. The Morgan fingerprint density at radius 1 is 0.457 bits per heavy atom. The minimum absolute atomic E-state index is 0.125. The normalized spacial score (nSPS) is 12.1. The molecule has 3 heterocycles. The summed E-state index contributed by atoms with van der Waals surface area (Å²) in [6.07, 6.45) is 0. The molecule has 0 unspecified atom stereocenters. The Kier molecular flexibility index (Phi) is 3.87. The zero-order chi connectivity index (χ0) is 23.1. The second-order valence-electron chi connectivity index (χ2n) is 8.92. The van der Waals surface area contributed by atoms with Crippen LogP contribution in [0.15, 0.2) is 108 Å². The van der Waals surface area contributed by atoms with Gasteiger partial charge in [0, 0.05) is 56.8 Å². The van der Waals surface area contributed by atoms with Crippen molar-refractivity contribution in [2.75, 3.05) is 0 Å². The number of thiophene rings is 1. The van der Waals surface area contributed by atoms with Gasteiger partial charge in [-0.1, -0.05) is 48.5 Å². The fourth-order valence-electron chi connectivity index (χ4n) is 5.40. The molecule has 0 aliphatic rings. The van der Waals surface area contributed by atoms with Crippen LogP contribution >= 0.6 is 22.7 Å². The average molecular weight is 484 g/mol. The highest BCUT2D eigenvalue weighted by atomic mass is 32.1. The van der Waals surface area contributed by atoms with Crippen LogP contribution in [0.2, 0.25) is 0 Å². The van der Waals surface area contributed by atoms with Crippen molar-refractivity contribution in [3.8, 4) is 5.69 Å². The van der Waals surface area contributed by atoms with E-state index in [4.69, 9.17) is 0 Å². The molecule has 5 aromatic carbocycles. The van der Waals surface area contributed by atoms with Crippen molar-refractivity contribution in [2.45, 2.75) is 0 Å². The average Bonchev–Trinajstić information content (AvgIpc) is 3.43. The lowest BCUT2D eigenvalue weighted by Gasteiger charge is -2.08. The lowest BCUT2D eigenvalue weighted by molar-refractivity contribution is 1.19. The maximum atomic E-state index is 13.2. The third-order valence-electron chi connectivity index (χ3n) is 6.99. The molecule has 35 heavy (non-hydrogen) atoms. The minimum atomic E-state index is 0.125. The summed E-state index contributed by atoms with van der Waals surface area (Å²) in [5.41, 5.74) is 3.70. The number of rotatable bonds is 1. The summed E-state index contributed by atoms with van der Waals surface area (Å²) in [6.45, 7) is 0. The zero-order valence-electron chi connectivity index (χ0n) is 18.5. The van der Waals surface area contributed by atoms with Gasteiger partial charge in [-0.25, -0.2) is 0 Å². The number of hydrogen-bond donors (Lipinski definition) is 0. The van der Waals surface area contributed by atoms with Gasteiger partial charge in [0.1, 0.15) is 0 Å². The Morgan fingerprint density at radius 2 is 1.00 bits per heavy atom. The van der Waals surface area contributed by atoms with Crippen molar-refractivity contribution in [3.63, 3.8) is 0 Å². The highest BCUT2D eigenvalue weighted by molar-refractivity contribution is 7.26. The lowest BCUT2D eigenvalue weighted by atomic mass is 10.1. The first kappa shape index (κ1) is 19.3. The molecule has 0 atom stereocenters. The Hall–Kier alpha value is -3.99. The van der Waals surface area contributed by atoms with Gasteiger partial charge in [-0.2, -0.15) is 0 Å². The van der Waals surface area contributed by atoms with Gasteiger partial charge in [0.25, 0.3) is 0 Å². The topological polar surface area (TPSA) is 22.0 Å². The SMILES string of the molecule is O=c1c2ccccc2sc2cc3c(cc12)sc1ccc(-n2c4ccccc4c4ccccc42)cc13. The van der Waals surface area contributed by atoms with Crippen molar-refractivity contribution in [2.24, 2.45) is 0 Å². The number of hydrogen-bond acceptors (Lipinski definition) is 3. The Labute approximate surface area is 207 Å². The van der Waals surface area contributed by atoms with Crippen molar-refractivity contribution in [1.82, 2.24) is 4.57 Å². The van der Waals surface area contributed by atoms with Crippen LogP contribution in [-0.2, 0) is 0 Å². The van der Waals surface area contributed by atoms with E-state index in [1.165, 1.54) is 37.3 Å². The number of fused-ring (bicyclic) bond motifs is 8. The van der Waals surface area contributed by atoms with E-state index < -0.39 is 0 Å². The predicted molar refractivity (Wildman–Crippen MR) is 153 cm³/mol. The van der Waals surface area contributed by atoms with Crippen molar-refractivity contribution >= 4 is 84.8 Å². The highest BCUT2D eigenvalue weighted by Gasteiger charge is 2.15. The van der Waals surface area contributed by atoms with Gasteiger partial charge in [0.2, 0.25) is 0 Å². The molecule has 0 saturated heterocycles. The summed E-state index contributed by atoms with van der Waals surface area (Å²) < 4.78 is 6.84. The third kappa shape index (κ3) is 2.66. The second kappa shape index (κ2) is 7.01. The molecule has 0 aliphatic carbocycles. The monoisotopic (exact) mass is 483 g/mol. The van der Waals surface area contributed by atoms with Gasteiger partial charge >= 0.3 is 0 Å². The molecular formula is C31H17NOS2. The molecule has 0 N–H and O–H groups in total. The third-order valence-corrected chi connectivity index (χ3v) is 9.26. The maximum absolute atomic E-state index is 13.2. The van der Waals surface area contributed by atoms with E-state index in [0.717, 1.165) is 30.6 Å². The molecule has 0 aliphatic heterocycles. The molecular weight excluding hydrogens is 466 g/mol. The summed E-state index contributed by atoms with van der Waals surface area (Å²) in [6, 6.07) is 36.2. The van der Waals surface area contributed by atoms with Crippen LogP contribution in [0.25, 0.3) is 67.8 Å². The molecule has 2 nitrogen and oxygen atoms in total. The fraction of sp³-hybridized carbons (Fsp3) is 0. The maximum Gasteiger partial charge on any atom is 0.195 e. The highest BCUT2D eigenvalue weighted by Crippen LogP contribution is 2.40. The number of aromatic nitrogens is 1. The van der Waals surface area contributed by atoms with Gasteiger partial charge in [0.05, 0.1) is 11.0 Å². The van der Waals surface area contributed by atoms with E-state index in [2.05, 4.69) is 83.4 Å². The van der Waals surface area contributed by atoms with Crippen molar-refractivity contribution in [1.29, 1.82) is 0 Å². The van der Waals surface area contributed by atoms with Gasteiger partial charge in [-0.15, -0.1) is 22.7 Å². The zero-order valence-corrected chi connectivity index (χ0v) is 20.1. The van der Waals surface area contributed by atoms with E-state index in [0.29, 0.717) is 0 Å². The van der Waals surface area contributed by atoms with E-state index >= 15 is 0 Å². The van der Waals surface area contributed by atoms with Gasteiger partial charge in [0.15, 0.2) is 5.43 Å². The summed E-state index contributed by atoms with van der Waals surface area (Å²) in [5, 5.41) is 6.60. The standard InChI is InChI=1S/C31H17NOS2/c33-31-21-9-3-6-12-27(21)34-30-16-23-22-15-18(13-14-28(22)35-29(23)17-24(30)31)32-25-10-4-1-7-19(25)20-8-2-5-11-26(20)32/h1-17H. The van der Waals surface area contributed by atoms with E-state index in [-0.39, 0.29) is 5.43 Å². The van der Waals surface area contributed by atoms with Gasteiger partial charge in [-0.05, 0) is 54.6 Å². The number of para-hydroxylation sites is 2. The second-order valence-corrected chi connectivity index (χ2v) is 11.1. The quantitative estimate of drug-likeness (QED) is 0.214. The molecule has 4 heteroatoms.